The fourth-order valence-corrected chi connectivity index (χ4v) is 2.87. The van der Waals surface area contributed by atoms with Gasteiger partial charge in [0.25, 0.3) is 5.91 Å². The van der Waals surface area contributed by atoms with E-state index in [0.717, 1.165) is 28.1 Å². The first kappa shape index (κ1) is 15.0. The van der Waals surface area contributed by atoms with E-state index in [1.165, 1.54) is 6.20 Å². The van der Waals surface area contributed by atoms with E-state index in [1.807, 2.05) is 49.5 Å². The zero-order valence-corrected chi connectivity index (χ0v) is 13.5. The van der Waals surface area contributed by atoms with Crippen LogP contribution in [0.4, 0.5) is 0 Å². The lowest BCUT2D eigenvalue weighted by atomic mass is 9.99. The zero-order valence-electron chi connectivity index (χ0n) is 13.5. The summed E-state index contributed by atoms with van der Waals surface area (Å²) in [5, 5.41) is 0. The second-order valence-corrected chi connectivity index (χ2v) is 5.74. The van der Waals surface area contributed by atoms with Crippen LogP contribution in [0.2, 0.25) is 0 Å². The van der Waals surface area contributed by atoms with Gasteiger partial charge in [-0.05, 0) is 30.2 Å². The quantitative estimate of drug-likeness (QED) is 0.626. The Morgan fingerprint density at radius 3 is 2.60 bits per heavy atom. The molecule has 6 nitrogen and oxygen atoms in total. The summed E-state index contributed by atoms with van der Waals surface area (Å²) in [4.78, 5) is 24.6. The van der Waals surface area contributed by atoms with Crippen LogP contribution in [0.5, 0.6) is 0 Å². The van der Waals surface area contributed by atoms with Crippen molar-refractivity contribution in [1.82, 2.24) is 19.4 Å². The van der Waals surface area contributed by atoms with Gasteiger partial charge in [0.1, 0.15) is 11.3 Å². The molecular formula is C19H15N5O. The average Bonchev–Trinajstić information content (AvgIpc) is 3.05. The van der Waals surface area contributed by atoms with E-state index in [0.29, 0.717) is 11.3 Å². The van der Waals surface area contributed by atoms with Crippen molar-refractivity contribution in [2.75, 3.05) is 0 Å². The summed E-state index contributed by atoms with van der Waals surface area (Å²) < 4.78 is 1.70. The minimum absolute atomic E-state index is 0.352. The first-order chi connectivity index (χ1) is 12.1. The molecule has 4 aromatic rings. The maximum Gasteiger partial charge on any atom is 0.267 e. The largest absolute Gasteiger partial charge is 0.364 e. The number of imidazole rings is 1. The van der Waals surface area contributed by atoms with Gasteiger partial charge in [-0.2, -0.15) is 0 Å². The van der Waals surface area contributed by atoms with Crippen LogP contribution in [0.3, 0.4) is 0 Å². The Bertz CT molecular complexity index is 1100. The number of aromatic nitrogens is 4. The molecule has 0 atom stereocenters. The summed E-state index contributed by atoms with van der Waals surface area (Å²) in [6, 6.07) is 11.8. The number of aryl methyl sites for hydroxylation is 1. The third-order valence-electron chi connectivity index (χ3n) is 4.03. The molecule has 25 heavy (non-hydrogen) atoms. The third-order valence-corrected chi connectivity index (χ3v) is 4.03. The molecule has 1 aromatic carbocycles. The molecule has 3 heterocycles. The Morgan fingerprint density at radius 1 is 1.04 bits per heavy atom. The average molecular weight is 329 g/mol. The topological polar surface area (TPSA) is 86.2 Å². The van der Waals surface area contributed by atoms with Crippen LogP contribution in [0.15, 0.2) is 61.2 Å². The van der Waals surface area contributed by atoms with Crippen LogP contribution in [-0.4, -0.2) is 25.3 Å². The minimum Gasteiger partial charge on any atom is -0.364 e. The van der Waals surface area contributed by atoms with Crippen LogP contribution in [-0.2, 0) is 0 Å². The number of carbonyl (C=O) groups excluding carboxylic acids is 1. The van der Waals surface area contributed by atoms with Crippen LogP contribution in [0, 0.1) is 6.92 Å². The van der Waals surface area contributed by atoms with Gasteiger partial charge in [-0.15, -0.1) is 0 Å². The van der Waals surface area contributed by atoms with E-state index >= 15 is 0 Å². The van der Waals surface area contributed by atoms with Crippen molar-refractivity contribution in [3.05, 3.63) is 72.6 Å². The van der Waals surface area contributed by atoms with Gasteiger partial charge in [0.15, 0.2) is 0 Å². The number of rotatable bonds is 3. The molecule has 3 aromatic heterocycles. The highest BCUT2D eigenvalue weighted by Gasteiger charge is 2.12. The highest BCUT2D eigenvalue weighted by Crippen LogP contribution is 2.31. The van der Waals surface area contributed by atoms with Gasteiger partial charge in [0, 0.05) is 18.0 Å². The summed E-state index contributed by atoms with van der Waals surface area (Å²) in [5.74, 6) is -0.512. The van der Waals surface area contributed by atoms with Crippen molar-refractivity contribution in [2.24, 2.45) is 5.73 Å². The summed E-state index contributed by atoms with van der Waals surface area (Å²) in [6.45, 7) is 1.91. The second kappa shape index (κ2) is 5.83. The molecule has 0 aliphatic heterocycles. The van der Waals surface area contributed by atoms with Gasteiger partial charge in [-0.3, -0.25) is 14.2 Å². The van der Waals surface area contributed by atoms with Crippen molar-refractivity contribution in [1.29, 1.82) is 0 Å². The molecule has 1 amide bonds. The number of benzene rings is 1. The molecule has 122 valence electrons. The van der Waals surface area contributed by atoms with E-state index < -0.39 is 5.91 Å². The normalized spacial score (nSPS) is 10.9. The van der Waals surface area contributed by atoms with Crippen LogP contribution in [0.1, 0.15) is 16.2 Å². The molecule has 0 unspecified atom stereocenters. The Kier molecular flexibility index (Phi) is 3.50. The highest BCUT2D eigenvalue weighted by molar-refractivity contribution is 5.92. The van der Waals surface area contributed by atoms with E-state index in [-0.39, 0.29) is 0 Å². The monoisotopic (exact) mass is 329 g/mol. The highest BCUT2D eigenvalue weighted by atomic mass is 16.1. The van der Waals surface area contributed by atoms with E-state index in [4.69, 9.17) is 5.73 Å². The maximum absolute atomic E-state index is 11.6. The number of amides is 1. The molecule has 2 N–H and O–H groups in total. The minimum atomic E-state index is -0.512. The molecule has 4 rings (SSSR count). The maximum atomic E-state index is 11.6. The molecule has 0 spiro atoms. The van der Waals surface area contributed by atoms with E-state index in [1.54, 1.807) is 16.8 Å². The van der Waals surface area contributed by atoms with Crippen LogP contribution >= 0.6 is 0 Å². The Hall–Kier alpha value is -3.54. The number of hydrogen-bond acceptors (Lipinski definition) is 4. The van der Waals surface area contributed by atoms with Crippen molar-refractivity contribution in [3.63, 3.8) is 0 Å². The second-order valence-electron chi connectivity index (χ2n) is 5.74. The predicted octanol–water partition coefficient (Wildman–Crippen LogP) is 2.87. The molecule has 6 heteroatoms. The number of primary amides is 1. The lowest BCUT2D eigenvalue weighted by Crippen LogP contribution is -2.13. The number of fused-ring (bicyclic) bond motifs is 1. The van der Waals surface area contributed by atoms with Crippen molar-refractivity contribution < 1.29 is 4.79 Å². The van der Waals surface area contributed by atoms with Gasteiger partial charge in [-0.25, -0.2) is 9.97 Å². The van der Waals surface area contributed by atoms with Crippen LogP contribution < -0.4 is 5.73 Å². The Morgan fingerprint density at radius 2 is 1.84 bits per heavy atom. The standard InChI is InChI=1S/C19H15N5O/c1-12-8-21-9-16(23-12)15-5-3-2-4-14(15)13-6-7-18-22-10-17(19(20)25)24(18)11-13/h2-11H,1H3,(H2,20,25). The smallest absolute Gasteiger partial charge is 0.267 e. The van der Waals surface area contributed by atoms with Crippen molar-refractivity contribution in [2.45, 2.75) is 6.92 Å². The summed E-state index contributed by atoms with van der Waals surface area (Å²) in [6.07, 6.45) is 6.82. The summed E-state index contributed by atoms with van der Waals surface area (Å²) in [7, 11) is 0. The fraction of sp³-hybridized carbons (Fsp3) is 0.0526. The number of nitrogens with zero attached hydrogens (tertiary/aromatic N) is 4. The Labute approximate surface area is 144 Å². The predicted molar refractivity (Wildman–Crippen MR) is 94.9 cm³/mol. The SMILES string of the molecule is Cc1cncc(-c2ccccc2-c2ccc3ncc(C(N)=O)n3c2)n1. The number of pyridine rings is 1. The number of carbonyl (C=O) groups is 1. The molecule has 0 bridgehead atoms. The third kappa shape index (κ3) is 2.63. The molecule has 0 radical (unpaired) electrons. The molecule has 0 saturated heterocycles. The fourth-order valence-electron chi connectivity index (χ4n) is 2.87. The van der Waals surface area contributed by atoms with Gasteiger partial charge >= 0.3 is 0 Å². The molecular weight excluding hydrogens is 314 g/mol. The van der Waals surface area contributed by atoms with E-state index in [9.17, 15) is 4.79 Å². The first-order valence-corrected chi connectivity index (χ1v) is 7.79. The molecule has 0 saturated carbocycles. The first-order valence-electron chi connectivity index (χ1n) is 7.79. The van der Waals surface area contributed by atoms with Crippen molar-refractivity contribution >= 4 is 11.6 Å². The van der Waals surface area contributed by atoms with Crippen molar-refractivity contribution in [3.8, 4) is 22.4 Å². The molecule has 0 aliphatic carbocycles. The lowest BCUT2D eigenvalue weighted by molar-refractivity contribution is 0.0995. The zero-order chi connectivity index (χ0) is 17.4. The summed E-state index contributed by atoms with van der Waals surface area (Å²) in [5.41, 5.74) is 11.0. The van der Waals surface area contributed by atoms with Gasteiger partial charge in [0.2, 0.25) is 0 Å². The number of hydrogen-bond donors (Lipinski definition) is 1. The molecule has 0 fully saturated rings. The number of nitrogens with two attached hydrogens (primary N) is 1. The van der Waals surface area contributed by atoms with Gasteiger partial charge in [0.05, 0.1) is 23.8 Å². The van der Waals surface area contributed by atoms with E-state index in [2.05, 4.69) is 15.0 Å². The van der Waals surface area contributed by atoms with Gasteiger partial charge in [-0.1, -0.05) is 24.3 Å². The molecule has 0 aliphatic rings. The lowest BCUT2D eigenvalue weighted by Gasteiger charge is -2.10. The Balaban J connectivity index is 1.92. The van der Waals surface area contributed by atoms with Crippen LogP contribution in [0.25, 0.3) is 28.0 Å². The summed E-state index contributed by atoms with van der Waals surface area (Å²) >= 11 is 0. The van der Waals surface area contributed by atoms with Gasteiger partial charge < -0.3 is 5.73 Å².